The number of fused-ring (bicyclic) bond motifs is 1. The van der Waals surface area contributed by atoms with E-state index >= 15 is 0 Å². The Labute approximate surface area is 168 Å². The maximum atomic E-state index is 12.3. The largest absolute Gasteiger partial charge is 0.494 e. The van der Waals surface area contributed by atoms with E-state index in [1.807, 2.05) is 55.5 Å². The number of aryl methyl sites for hydroxylation is 1. The molecule has 0 unspecified atom stereocenters. The van der Waals surface area contributed by atoms with Gasteiger partial charge in [0.2, 0.25) is 11.8 Å². The maximum absolute atomic E-state index is 12.3. The number of hydrogen-bond donors (Lipinski definition) is 2. The molecule has 0 saturated carbocycles. The van der Waals surface area contributed by atoms with E-state index in [9.17, 15) is 9.90 Å². The second kappa shape index (κ2) is 8.06. The van der Waals surface area contributed by atoms with Gasteiger partial charge in [0.05, 0.1) is 6.54 Å². The zero-order valence-electron chi connectivity index (χ0n) is 16.0. The van der Waals surface area contributed by atoms with E-state index in [0.717, 1.165) is 16.5 Å². The fourth-order valence-electron chi connectivity index (χ4n) is 3.23. The molecule has 0 bridgehead atoms. The number of nitrogens with zero attached hydrogens (tertiary/aromatic N) is 2. The van der Waals surface area contributed by atoms with E-state index < -0.39 is 0 Å². The number of rotatable bonds is 6. The van der Waals surface area contributed by atoms with Crippen molar-refractivity contribution in [3.8, 4) is 11.8 Å². The molecular formula is C23H21N3O3. The summed E-state index contributed by atoms with van der Waals surface area (Å²) in [7, 11) is 0. The van der Waals surface area contributed by atoms with Crippen molar-refractivity contribution in [3.63, 3.8) is 0 Å². The third-order valence-corrected chi connectivity index (χ3v) is 4.60. The lowest BCUT2D eigenvalue weighted by molar-refractivity contribution is -0.118. The predicted octanol–water partition coefficient (Wildman–Crippen LogP) is 4.12. The Morgan fingerprint density at radius 3 is 2.62 bits per heavy atom. The van der Waals surface area contributed by atoms with E-state index in [1.54, 1.807) is 29.0 Å². The van der Waals surface area contributed by atoms with Crippen molar-refractivity contribution in [2.75, 3.05) is 11.9 Å². The topological polar surface area (TPSA) is 76.4 Å². The van der Waals surface area contributed by atoms with E-state index in [0.29, 0.717) is 23.6 Å². The van der Waals surface area contributed by atoms with Crippen molar-refractivity contribution in [1.29, 1.82) is 0 Å². The molecule has 29 heavy (non-hydrogen) atoms. The Kier molecular flexibility index (Phi) is 5.16. The van der Waals surface area contributed by atoms with Crippen LogP contribution in [0.15, 0.2) is 72.9 Å². The number of carbonyl (C=O) groups is 1. The number of aromatic hydroxyl groups is 1. The lowest BCUT2D eigenvalue weighted by Crippen LogP contribution is -2.21. The fourth-order valence-corrected chi connectivity index (χ4v) is 3.23. The van der Waals surface area contributed by atoms with Crippen molar-refractivity contribution in [3.05, 3.63) is 84.1 Å². The van der Waals surface area contributed by atoms with Gasteiger partial charge in [0.25, 0.3) is 5.91 Å². The highest BCUT2D eigenvalue weighted by molar-refractivity contribution is 5.95. The minimum Gasteiger partial charge on any atom is -0.494 e. The minimum atomic E-state index is -0.323. The van der Waals surface area contributed by atoms with Crippen molar-refractivity contribution in [2.24, 2.45) is 0 Å². The monoisotopic (exact) mass is 387 g/mol. The fraction of sp³-hybridized carbons (Fsp3) is 0.130. The Balaban J connectivity index is 1.63. The van der Waals surface area contributed by atoms with Crippen LogP contribution in [0.2, 0.25) is 0 Å². The first-order chi connectivity index (χ1) is 14.1. The van der Waals surface area contributed by atoms with Crippen LogP contribution in [0.25, 0.3) is 10.8 Å². The Morgan fingerprint density at radius 2 is 1.86 bits per heavy atom. The standard InChI is InChI=1S/C23H21N3O3/c1-16-10-11-18-19(13-16)23(26(22(18)28)14-17-7-3-2-4-8-17)29-15-21(27)25-20-9-5-6-12-24-20/h2-13,28H,14-15H2,1H3,(H,24,25,27). The summed E-state index contributed by atoms with van der Waals surface area (Å²) in [5.74, 6) is 0.714. The van der Waals surface area contributed by atoms with Crippen LogP contribution in [0.5, 0.6) is 11.8 Å². The number of amides is 1. The molecule has 0 radical (unpaired) electrons. The van der Waals surface area contributed by atoms with Gasteiger partial charge in [0, 0.05) is 17.0 Å². The molecule has 2 aromatic heterocycles. The van der Waals surface area contributed by atoms with E-state index in [2.05, 4.69) is 10.3 Å². The molecule has 0 aliphatic carbocycles. The first-order valence-corrected chi connectivity index (χ1v) is 9.31. The lowest BCUT2D eigenvalue weighted by Gasteiger charge is -2.12. The van der Waals surface area contributed by atoms with Crippen LogP contribution >= 0.6 is 0 Å². The van der Waals surface area contributed by atoms with Gasteiger partial charge in [-0.3, -0.25) is 9.36 Å². The van der Waals surface area contributed by atoms with Gasteiger partial charge in [0.15, 0.2) is 6.61 Å². The molecule has 0 fully saturated rings. The highest BCUT2D eigenvalue weighted by atomic mass is 16.5. The second-order valence-corrected chi connectivity index (χ2v) is 6.80. The van der Waals surface area contributed by atoms with Gasteiger partial charge in [-0.15, -0.1) is 0 Å². The molecule has 0 spiro atoms. The highest BCUT2D eigenvalue weighted by Gasteiger charge is 2.19. The quantitative estimate of drug-likeness (QED) is 0.522. The molecular weight excluding hydrogens is 366 g/mol. The number of pyridine rings is 1. The summed E-state index contributed by atoms with van der Waals surface area (Å²) in [6, 6.07) is 20.8. The van der Waals surface area contributed by atoms with Crippen LogP contribution in [0, 0.1) is 6.92 Å². The number of ether oxygens (including phenoxy) is 1. The summed E-state index contributed by atoms with van der Waals surface area (Å²) in [5, 5.41) is 15.0. The molecule has 0 aliphatic heterocycles. The molecule has 4 rings (SSSR count). The summed E-state index contributed by atoms with van der Waals surface area (Å²) in [6.45, 7) is 2.21. The summed E-state index contributed by atoms with van der Waals surface area (Å²) < 4.78 is 7.58. The van der Waals surface area contributed by atoms with Crippen molar-refractivity contribution < 1.29 is 14.6 Å². The number of anilines is 1. The smallest absolute Gasteiger partial charge is 0.263 e. The number of carbonyl (C=O) groups excluding carboxylic acids is 1. The van der Waals surface area contributed by atoms with Gasteiger partial charge in [-0.05, 0) is 36.8 Å². The van der Waals surface area contributed by atoms with Crippen molar-refractivity contribution >= 4 is 22.5 Å². The van der Waals surface area contributed by atoms with Gasteiger partial charge < -0.3 is 15.2 Å². The Bertz CT molecular complexity index is 1140. The van der Waals surface area contributed by atoms with Gasteiger partial charge >= 0.3 is 0 Å². The molecule has 0 saturated heterocycles. The van der Waals surface area contributed by atoms with Crippen LogP contribution in [0.4, 0.5) is 5.82 Å². The second-order valence-electron chi connectivity index (χ2n) is 6.80. The number of hydrogen-bond acceptors (Lipinski definition) is 4. The third-order valence-electron chi connectivity index (χ3n) is 4.60. The molecule has 6 nitrogen and oxygen atoms in total. The Hall–Kier alpha value is -3.80. The van der Waals surface area contributed by atoms with Crippen LogP contribution in [-0.2, 0) is 11.3 Å². The van der Waals surface area contributed by atoms with E-state index in [1.165, 1.54) is 0 Å². The average molecular weight is 387 g/mol. The van der Waals surface area contributed by atoms with Crippen LogP contribution in [0.3, 0.4) is 0 Å². The zero-order valence-corrected chi connectivity index (χ0v) is 16.0. The molecule has 4 aromatic rings. The van der Waals surface area contributed by atoms with Gasteiger partial charge in [-0.1, -0.05) is 48.0 Å². The first kappa shape index (κ1) is 18.6. The van der Waals surface area contributed by atoms with Crippen molar-refractivity contribution in [2.45, 2.75) is 13.5 Å². The molecule has 2 heterocycles. The number of benzene rings is 2. The molecule has 6 heteroatoms. The number of nitrogens with one attached hydrogen (secondary N) is 1. The normalized spacial score (nSPS) is 10.8. The van der Waals surface area contributed by atoms with Crippen LogP contribution in [0.1, 0.15) is 11.1 Å². The lowest BCUT2D eigenvalue weighted by atomic mass is 10.1. The maximum Gasteiger partial charge on any atom is 0.263 e. The van der Waals surface area contributed by atoms with Crippen LogP contribution < -0.4 is 10.1 Å². The Morgan fingerprint density at radius 1 is 1.07 bits per heavy atom. The zero-order chi connectivity index (χ0) is 20.2. The summed E-state index contributed by atoms with van der Waals surface area (Å²) in [6.07, 6.45) is 1.61. The highest BCUT2D eigenvalue weighted by Crippen LogP contribution is 2.38. The van der Waals surface area contributed by atoms with Crippen molar-refractivity contribution in [1.82, 2.24) is 9.55 Å². The average Bonchev–Trinajstić information content (AvgIpc) is 2.98. The molecule has 1 amide bonds. The third kappa shape index (κ3) is 4.06. The molecule has 146 valence electrons. The summed E-state index contributed by atoms with van der Waals surface area (Å²) in [5.41, 5.74) is 2.06. The van der Waals surface area contributed by atoms with Crippen LogP contribution in [-0.4, -0.2) is 27.2 Å². The first-order valence-electron chi connectivity index (χ1n) is 9.31. The van der Waals surface area contributed by atoms with E-state index in [4.69, 9.17) is 4.74 Å². The van der Waals surface area contributed by atoms with Gasteiger partial charge in [-0.25, -0.2) is 4.98 Å². The van der Waals surface area contributed by atoms with E-state index in [-0.39, 0.29) is 18.4 Å². The predicted molar refractivity (Wildman–Crippen MR) is 112 cm³/mol. The SMILES string of the molecule is Cc1ccc2c(O)n(Cc3ccccc3)c(OCC(=O)Nc3ccccn3)c2c1. The van der Waals surface area contributed by atoms with Gasteiger partial charge in [0.1, 0.15) is 5.82 Å². The summed E-state index contributed by atoms with van der Waals surface area (Å²) >= 11 is 0. The minimum absolute atomic E-state index is 0.115. The molecule has 2 N–H and O–H groups in total. The summed E-state index contributed by atoms with van der Waals surface area (Å²) in [4.78, 5) is 16.4. The molecule has 0 aliphatic rings. The molecule has 0 atom stereocenters. The number of aromatic nitrogens is 2. The van der Waals surface area contributed by atoms with Gasteiger partial charge in [-0.2, -0.15) is 0 Å². The molecule has 2 aromatic carbocycles.